The average molecular weight is 535 g/mol. The van der Waals surface area contributed by atoms with Crippen LogP contribution >= 0.6 is 24.0 Å². The van der Waals surface area contributed by atoms with Crippen LogP contribution in [0.25, 0.3) is 0 Å². The molecule has 2 unspecified atom stereocenters. The minimum Gasteiger partial charge on any atom is -0.497 e. The van der Waals surface area contributed by atoms with Gasteiger partial charge in [-0.15, -0.1) is 24.0 Å². The number of aliphatic imine (C=N–C) groups is 1. The second kappa shape index (κ2) is 12.5. The molecule has 9 heteroatoms. The number of halogens is 3. The monoisotopic (exact) mass is 535 g/mol. The van der Waals surface area contributed by atoms with Crippen molar-refractivity contribution in [2.45, 2.75) is 26.0 Å². The number of nitrogens with one attached hydrogen (secondary N) is 2. The Morgan fingerprint density at radius 2 is 1.83 bits per heavy atom. The van der Waals surface area contributed by atoms with Crippen LogP contribution in [0.5, 0.6) is 11.5 Å². The number of hydrogen-bond donors (Lipinski definition) is 3. The number of aliphatic hydroxyl groups excluding tert-OH is 1. The maximum atomic E-state index is 14.0. The molecule has 0 saturated carbocycles. The zero-order valence-electron chi connectivity index (χ0n) is 17.4. The number of guanidine groups is 1. The molecule has 0 heterocycles. The van der Waals surface area contributed by atoms with E-state index in [4.69, 9.17) is 9.47 Å². The number of hydrogen-bond acceptors (Lipinski definition) is 4. The SMILES string of the molecule is CCNC(=NCC(O)c1cc(OC)ccc1OC)NC(C)c1ccc(F)cc1F.I. The number of ether oxygens (including phenoxy) is 2. The summed E-state index contributed by atoms with van der Waals surface area (Å²) in [6.45, 7) is 4.24. The van der Waals surface area contributed by atoms with Crippen molar-refractivity contribution in [1.29, 1.82) is 0 Å². The van der Waals surface area contributed by atoms with E-state index in [-0.39, 0.29) is 30.5 Å². The molecule has 0 amide bonds. The molecule has 0 aliphatic heterocycles. The maximum Gasteiger partial charge on any atom is 0.191 e. The van der Waals surface area contributed by atoms with Crippen LogP contribution < -0.4 is 20.1 Å². The van der Waals surface area contributed by atoms with Crippen LogP contribution in [0.4, 0.5) is 8.78 Å². The van der Waals surface area contributed by atoms with Crippen molar-refractivity contribution >= 4 is 29.9 Å². The summed E-state index contributed by atoms with van der Waals surface area (Å²) in [5.41, 5.74) is 0.857. The van der Waals surface area contributed by atoms with E-state index >= 15 is 0 Å². The second-order valence-electron chi connectivity index (χ2n) is 6.38. The zero-order chi connectivity index (χ0) is 21.4. The highest BCUT2D eigenvalue weighted by atomic mass is 127. The van der Waals surface area contributed by atoms with E-state index in [0.29, 0.717) is 35.1 Å². The Hall–Kier alpha value is -2.14. The molecular weight excluding hydrogens is 507 g/mol. The molecular formula is C21H28F2IN3O3. The quantitative estimate of drug-likeness (QED) is 0.271. The van der Waals surface area contributed by atoms with Crippen LogP contribution in [0.3, 0.4) is 0 Å². The van der Waals surface area contributed by atoms with Crippen molar-refractivity contribution < 1.29 is 23.4 Å². The molecule has 30 heavy (non-hydrogen) atoms. The topological polar surface area (TPSA) is 75.1 Å². The molecule has 0 aromatic heterocycles. The van der Waals surface area contributed by atoms with Crippen LogP contribution in [0.1, 0.15) is 37.1 Å². The fraction of sp³-hybridized carbons (Fsp3) is 0.381. The molecule has 166 valence electrons. The lowest BCUT2D eigenvalue weighted by Crippen LogP contribution is -2.39. The third-order valence-corrected chi connectivity index (χ3v) is 4.34. The van der Waals surface area contributed by atoms with Crippen molar-refractivity contribution in [3.63, 3.8) is 0 Å². The molecule has 3 N–H and O–H groups in total. The molecule has 0 radical (unpaired) electrons. The molecule has 0 aliphatic rings. The Labute approximate surface area is 192 Å². The van der Waals surface area contributed by atoms with Gasteiger partial charge >= 0.3 is 0 Å². The first kappa shape index (κ1) is 25.9. The number of rotatable bonds is 8. The summed E-state index contributed by atoms with van der Waals surface area (Å²) in [5.74, 6) is 0.239. The first-order valence-electron chi connectivity index (χ1n) is 9.29. The number of nitrogens with zero attached hydrogens (tertiary/aromatic N) is 1. The normalized spacial score (nSPS) is 13.1. The lowest BCUT2D eigenvalue weighted by Gasteiger charge is -2.20. The van der Waals surface area contributed by atoms with Crippen LogP contribution in [0.15, 0.2) is 41.4 Å². The lowest BCUT2D eigenvalue weighted by atomic mass is 10.1. The number of benzene rings is 2. The molecule has 0 bridgehead atoms. The Bertz CT molecular complexity index is 852. The van der Waals surface area contributed by atoms with Gasteiger partial charge in [0, 0.05) is 23.7 Å². The first-order valence-corrected chi connectivity index (χ1v) is 9.29. The van der Waals surface area contributed by atoms with E-state index in [0.717, 1.165) is 6.07 Å². The van der Waals surface area contributed by atoms with Crippen LogP contribution in [-0.2, 0) is 0 Å². The van der Waals surface area contributed by atoms with E-state index in [2.05, 4.69) is 15.6 Å². The third-order valence-electron chi connectivity index (χ3n) is 4.34. The van der Waals surface area contributed by atoms with Crippen molar-refractivity contribution in [1.82, 2.24) is 10.6 Å². The van der Waals surface area contributed by atoms with Gasteiger partial charge in [0.2, 0.25) is 0 Å². The molecule has 0 fully saturated rings. The van der Waals surface area contributed by atoms with Gasteiger partial charge in [-0.3, -0.25) is 4.99 Å². The fourth-order valence-electron chi connectivity index (χ4n) is 2.83. The van der Waals surface area contributed by atoms with Crippen molar-refractivity contribution in [2.75, 3.05) is 27.3 Å². The molecule has 0 saturated heterocycles. The van der Waals surface area contributed by atoms with Gasteiger partial charge in [-0.1, -0.05) is 6.07 Å². The highest BCUT2D eigenvalue weighted by Crippen LogP contribution is 2.29. The highest BCUT2D eigenvalue weighted by Gasteiger charge is 2.16. The van der Waals surface area contributed by atoms with E-state index in [1.807, 2.05) is 6.92 Å². The molecule has 2 rings (SSSR count). The molecule has 2 aromatic carbocycles. The maximum absolute atomic E-state index is 14.0. The van der Waals surface area contributed by atoms with E-state index in [1.54, 1.807) is 32.2 Å². The standard InChI is InChI=1S/C21H27F2N3O3.HI/c1-5-24-21(26-13(2)16-8-6-14(22)10-18(16)23)25-12-19(27)17-11-15(28-3)7-9-20(17)29-4;/h6-11,13,19,27H,5,12H2,1-4H3,(H2,24,25,26);1H. The largest absolute Gasteiger partial charge is 0.497 e. The summed E-state index contributed by atoms with van der Waals surface area (Å²) in [6, 6.07) is 8.12. The summed E-state index contributed by atoms with van der Waals surface area (Å²) in [6.07, 6.45) is -0.937. The first-order chi connectivity index (χ1) is 13.9. The second-order valence-corrected chi connectivity index (χ2v) is 6.38. The van der Waals surface area contributed by atoms with E-state index in [1.165, 1.54) is 19.2 Å². The van der Waals surface area contributed by atoms with Gasteiger partial charge in [0.05, 0.1) is 26.8 Å². The molecule has 0 aliphatic carbocycles. The summed E-state index contributed by atoms with van der Waals surface area (Å²) < 4.78 is 37.7. The van der Waals surface area contributed by atoms with Crippen LogP contribution in [0, 0.1) is 11.6 Å². The molecule has 2 aromatic rings. The van der Waals surface area contributed by atoms with Gasteiger partial charge in [0.25, 0.3) is 0 Å². The third kappa shape index (κ3) is 6.98. The lowest BCUT2D eigenvalue weighted by molar-refractivity contribution is 0.182. The van der Waals surface area contributed by atoms with Gasteiger partial charge in [-0.05, 0) is 38.1 Å². The van der Waals surface area contributed by atoms with Crippen molar-refractivity contribution in [3.8, 4) is 11.5 Å². The van der Waals surface area contributed by atoms with Crippen LogP contribution in [0.2, 0.25) is 0 Å². The van der Waals surface area contributed by atoms with Gasteiger partial charge in [0.1, 0.15) is 29.2 Å². The van der Waals surface area contributed by atoms with Gasteiger partial charge in [-0.2, -0.15) is 0 Å². The highest BCUT2D eigenvalue weighted by molar-refractivity contribution is 14.0. The van der Waals surface area contributed by atoms with Gasteiger partial charge < -0.3 is 25.2 Å². The Morgan fingerprint density at radius 1 is 1.10 bits per heavy atom. The zero-order valence-corrected chi connectivity index (χ0v) is 19.7. The summed E-state index contributed by atoms with van der Waals surface area (Å²) >= 11 is 0. The molecule has 6 nitrogen and oxygen atoms in total. The Kier molecular flexibility index (Phi) is 10.8. The number of methoxy groups -OCH3 is 2. The molecule has 0 spiro atoms. The average Bonchev–Trinajstić information content (AvgIpc) is 2.71. The Morgan fingerprint density at radius 3 is 2.43 bits per heavy atom. The summed E-state index contributed by atoms with van der Waals surface area (Å²) in [4.78, 5) is 4.38. The van der Waals surface area contributed by atoms with Crippen molar-refractivity contribution in [3.05, 3.63) is 59.2 Å². The number of aliphatic hydroxyl groups is 1. The van der Waals surface area contributed by atoms with Crippen molar-refractivity contribution in [2.24, 2.45) is 4.99 Å². The summed E-state index contributed by atoms with van der Waals surface area (Å²) in [7, 11) is 3.06. The smallest absolute Gasteiger partial charge is 0.191 e. The molecule has 2 atom stereocenters. The van der Waals surface area contributed by atoms with Gasteiger partial charge in [0.15, 0.2) is 5.96 Å². The fourth-order valence-corrected chi connectivity index (χ4v) is 2.83. The minimum atomic E-state index is -0.937. The predicted octanol–water partition coefficient (Wildman–Crippen LogP) is 3.95. The van der Waals surface area contributed by atoms with E-state index in [9.17, 15) is 13.9 Å². The van der Waals surface area contributed by atoms with Gasteiger partial charge in [-0.25, -0.2) is 8.78 Å². The van der Waals surface area contributed by atoms with Crippen LogP contribution in [-0.4, -0.2) is 38.4 Å². The summed E-state index contributed by atoms with van der Waals surface area (Å²) in [5, 5.41) is 16.7. The minimum absolute atomic E-state index is 0. The predicted molar refractivity (Wildman–Crippen MR) is 124 cm³/mol. The van der Waals surface area contributed by atoms with E-state index < -0.39 is 23.8 Å². The Balaban J connectivity index is 0.00000450.